The van der Waals surface area contributed by atoms with Crippen molar-refractivity contribution in [2.75, 3.05) is 0 Å². The Morgan fingerprint density at radius 1 is 0.765 bits per heavy atom. The third-order valence-electron chi connectivity index (χ3n) is 4.69. The van der Waals surface area contributed by atoms with E-state index in [1.54, 1.807) is 12.1 Å². The van der Waals surface area contributed by atoms with Gasteiger partial charge in [0.15, 0.2) is 0 Å². The van der Waals surface area contributed by atoms with Gasteiger partial charge in [0.1, 0.15) is 5.69 Å². The van der Waals surface area contributed by atoms with Gasteiger partial charge in [0.2, 0.25) is 0 Å². The zero-order chi connectivity index (χ0) is 24.2. The number of nitrogens with two attached hydrogens (primary N) is 1. The first-order valence-corrected chi connectivity index (χ1v) is 10.7. The molecule has 0 aliphatic heterocycles. The van der Waals surface area contributed by atoms with Crippen LogP contribution >= 0.6 is 0 Å². The lowest BCUT2D eigenvalue weighted by Crippen LogP contribution is -2.13. The van der Waals surface area contributed by atoms with E-state index in [9.17, 15) is 4.79 Å². The molecule has 0 aliphatic carbocycles. The Balaban J connectivity index is 0.000000191. The standard InChI is InChI=1S/C15H12N2.C14H12N2O/c1-12-5-4-8-15(17-12)10-9-13-6-2-3-7-14(13)11-16;15-14(17)13-8-4-7-12(16-13)10-9-11-5-2-1-3-6-11/h2-10H,1H3;1-10H,(H2,15,17). The molecule has 2 aromatic carbocycles. The second-order valence-corrected chi connectivity index (χ2v) is 7.29. The van der Waals surface area contributed by atoms with E-state index in [0.717, 1.165) is 22.5 Å². The van der Waals surface area contributed by atoms with Gasteiger partial charge in [0.05, 0.1) is 23.0 Å². The molecule has 0 unspecified atom stereocenters. The number of primary amides is 1. The molecule has 2 N–H and O–H groups in total. The van der Waals surface area contributed by atoms with Gasteiger partial charge in [-0.1, -0.05) is 72.8 Å². The summed E-state index contributed by atoms with van der Waals surface area (Å²) in [7, 11) is 0. The summed E-state index contributed by atoms with van der Waals surface area (Å²) in [6.45, 7) is 1.96. The number of carbonyl (C=O) groups excluding carboxylic acids is 1. The van der Waals surface area contributed by atoms with E-state index in [-0.39, 0.29) is 5.69 Å². The van der Waals surface area contributed by atoms with Crippen molar-refractivity contribution in [3.63, 3.8) is 0 Å². The van der Waals surface area contributed by atoms with Crippen molar-refractivity contribution in [3.05, 3.63) is 130 Å². The van der Waals surface area contributed by atoms with E-state index in [2.05, 4.69) is 16.0 Å². The number of carbonyl (C=O) groups is 1. The van der Waals surface area contributed by atoms with Gasteiger partial charge in [0, 0.05) is 5.69 Å². The van der Waals surface area contributed by atoms with Crippen LogP contribution in [-0.2, 0) is 0 Å². The number of benzene rings is 2. The van der Waals surface area contributed by atoms with Crippen molar-refractivity contribution in [1.29, 1.82) is 5.26 Å². The number of nitriles is 1. The highest BCUT2D eigenvalue weighted by Crippen LogP contribution is 2.12. The van der Waals surface area contributed by atoms with Crippen LogP contribution in [0.25, 0.3) is 24.3 Å². The van der Waals surface area contributed by atoms with Gasteiger partial charge in [-0.3, -0.25) is 9.78 Å². The van der Waals surface area contributed by atoms with E-state index in [4.69, 9.17) is 11.0 Å². The second kappa shape index (κ2) is 12.3. The Hall–Kier alpha value is -4.82. The third-order valence-corrected chi connectivity index (χ3v) is 4.69. The Morgan fingerprint density at radius 3 is 2.12 bits per heavy atom. The first-order valence-electron chi connectivity index (χ1n) is 10.7. The fourth-order valence-electron chi connectivity index (χ4n) is 3.00. The van der Waals surface area contributed by atoms with Crippen LogP contribution in [0.2, 0.25) is 0 Å². The normalized spacial score (nSPS) is 10.5. The molecule has 4 rings (SSSR count). The molecule has 0 radical (unpaired) electrons. The van der Waals surface area contributed by atoms with Crippen molar-refractivity contribution in [2.24, 2.45) is 5.73 Å². The van der Waals surface area contributed by atoms with Gasteiger partial charge in [-0.05, 0) is 60.5 Å². The van der Waals surface area contributed by atoms with Crippen LogP contribution in [0.4, 0.5) is 0 Å². The van der Waals surface area contributed by atoms with Crippen molar-refractivity contribution in [1.82, 2.24) is 9.97 Å². The number of nitrogens with zero attached hydrogens (tertiary/aromatic N) is 3. The zero-order valence-corrected chi connectivity index (χ0v) is 18.8. The van der Waals surface area contributed by atoms with Crippen molar-refractivity contribution in [3.8, 4) is 6.07 Å². The molecule has 2 aromatic heterocycles. The van der Waals surface area contributed by atoms with Gasteiger partial charge in [-0.15, -0.1) is 0 Å². The molecular weight excluding hydrogens is 420 g/mol. The first kappa shape index (κ1) is 23.8. The minimum Gasteiger partial charge on any atom is -0.364 e. The molecule has 5 heteroatoms. The summed E-state index contributed by atoms with van der Waals surface area (Å²) in [5.41, 5.74) is 10.7. The molecule has 0 aliphatic rings. The summed E-state index contributed by atoms with van der Waals surface area (Å²) in [5, 5.41) is 8.96. The summed E-state index contributed by atoms with van der Waals surface area (Å²) in [6.07, 6.45) is 7.62. The molecule has 0 spiro atoms. The van der Waals surface area contributed by atoms with Gasteiger partial charge in [-0.25, -0.2) is 4.98 Å². The molecule has 34 heavy (non-hydrogen) atoms. The summed E-state index contributed by atoms with van der Waals surface area (Å²) >= 11 is 0. The molecular formula is C29H24N4O. The number of aryl methyl sites for hydroxylation is 1. The van der Waals surface area contributed by atoms with Crippen LogP contribution in [-0.4, -0.2) is 15.9 Å². The average Bonchev–Trinajstić information content (AvgIpc) is 2.87. The third kappa shape index (κ3) is 7.40. The molecule has 1 amide bonds. The topological polar surface area (TPSA) is 92.7 Å². The molecule has 166 valence electrons. The van der Waals surface area contributed by atoms with Crippen LogP contribution in [0.1, 0.15) is 44.3 Å². The number of hydrogen-bond acceptors (Lipinski definition) is 4. The smallest absolute Gasteiger partial charge is 0.267 e. The Morgan fingerprint density at radius 2 is 1.41 bits per heavy atom. The molecule has 5 nitrogen and oxygen atoms in total. The summed E-state index contributed by atoms with van der Waals surface area (Å²) < 4.78 is 0. The highest BCUT2D eigenvalue weighted by atomic mass is 16.1. The Labute approximate surface area is 199 Å². The predicted octanol–water partition coefficient (Wildman–Crippen LogP) is 5.78. The second-order valence-electron chi connectivity index (χ2n) is 7.29. The molecule has 0 bridgehead atoms. The molecule has 0 fully saturated rings. The lowest BCUT2D eigenvalue weighted by Gasteiger charge is -1.97. The van der Waals surface area contributed by atoms with E-state index < -0.39 is 5.91 Å². The highest BCUT2D eigenvalue weighted by molar-refractivity contribution is 5.91. The number of pyridine rings is 2. The van der Waals surface area contributed by atoms with Gasteiger partial charge >= 0.3 is 0 Å². The number of hydrogen-bond donors (Lipinski definition) is 1. The van der Waals surface area contributed by atoms with Crippen molar-refractivity contribution >= 4 is 30.2 Å². The van der Waals surface area contributed by atoms with Gasteiger partial charge in [0.25, 0.3) is 5.91 Å². The first-order chi connectivity index (χ1) is 16.5. The minimum atomic E-state index is -0.514. The minimum absolute atomic E-state index is 0.278. The SMILES string of the molecule is Cc1cccc(C=Cc2ccccc2C#N)n1.NC(=O)c1cccc(C=Cc2ccccc2)n1. The van der Waals surface area contributed by atoms with Crippen LogP contribution in [0.3, 0.4) is 0 Å². The van der Waals surface area contributed by atoms with E-state index in [1.807, 2.05) is 110 Å². The van der Waals surface area contributed by atoms with E-state index >= 15 is 0 Å². The summed E-state index contributed by atoms with van der Waals surface area (Å²) in [6, 6.07) is 30.6. The van der Waals surface area contributed by atoms with E-state index in [0.29, 0.717) is 11.3 Å². The fourth-order valence-corrected chi connectivity index (χ4v) is 3.00. The molecule has 0 atom stereocenters. The summed E-state index contributed by atoms with van der Waals surface area (Å²) in [4.78, 5) is 19.5. The maximum atomic E-state index is 11.0. The lowest BCUT2D eigenvalue weighted by atomic mass is 10.1. The average molecular weight is 445 g/mol. The molecule has 4 aromatic rings. The van der Waals surface area contributed by atoms with Gasteiger partial charge < -0.3 is 5.73 Å². The van der Waals surface area contributed by atoms with E-state index in [1.165, 1.54) is 0 Å². The lowest BCUT2D eigenvalue weighted by molar-refractivity contribution is 0.0995. The van der Waals surface area contributed by atoms with Gasteiger partial charge in [-0.2, -0.15) is 5.26 Å². The number of rotatable bonds is 5. The number of aromatic nitrogens is 2. The Bertz CT molecular complexity index is 1350. The zero-order valence-electron chi connectivity index (χ0n) is 18.8. The maximum Gasteiger partial charge on any atom is 0.267 e. The summed E-state index contributed by atoms with van der Waals surface area (Å²) in [5.74, 6) is -0.514. The van der Waals surface area contributed by atoms with Crippen LogP contribution in [0, 0.1) is 18.3 Å². The van der Waals surface area contributed by atoms with Crippen LogP contribution in [0.5, 0.6) is 0 Å². The monoisotopic (exact) mass is 444 g/mol. The molecule has 0 saturated carbocycles. The Kier molecular flexibility index (Phi) is 8.61. The molecule has 0 saturated heterocycles. The maximum absolute atomic E-state index is 11.0. The van der Waals surface area contributed by atoms with Crippen molar-refractivity contribution in [2.45, 2.75) is 6.92 Å². The van der Waals surface area contributed by atoms with Crippen molar-refractivity contribution < 1.29 is 4.79 Å². The fraction of sp³-hybridized carbons (Fsp3) is 0.0345. The predicted molar refractivity (Wildman–Crippen MR) is 137 cm³/mol. The largest absolute Gasteiger partial charge is 0.364 e. The molecule has 2 heterocycles. The highest BCUT2D eigenvalue weighted by Gasteiger charge is 2.00. The van der Waals surface area contributed by atoms with Crippen LogP contribution in [0.15, 0.2) is 91.0 Å². The quantitative estimate of drug-likeness (QED) is 0.422. The number of amides is 1. The van der Waals surface area contributed by atoms with Crippen LogP contribution < -0.4 is 5.73 Å².